The summed E-state index contributed by atoms with van der Waals surface area (Å²) in [5.74, 6) is 0. The normalized spacial score (nSPS) is 24.1. The first-order chi connectivity index (χ1) is 9.25. The predicted molar refractivity (Wildman–Crippen MR) is 77.3 cm³/mol. The lowest BCUT2D eigenvalue weighted by atomic mass is 9.94. The maximum atomic E-state index is 9.48. The van der Waals surface area contributed by atoms with Crippen LogP contribution in [-0.2, 0) is 5.41 Å². The Morgan fingerprint density at radius 1 is 1.21 bits per heavy atom. The molecule has 1 heterocycles. The topological polar surface area (TPSA) is 35.5 Å². The van der Waals surface area contributed by atoms with Crippen LogP contribution < -0.4 is 5.32 Å². The zero-order chi connectivity index (χ0) is 13.3. The summed E-state index contributed by atoms with van der Waals surface area (Å²) in [6, 6.07) is 9.42. The number of hydrogen-bond acceptors (Lipinski definition) is 3. The van der Waals surface area contributed by atoms with E-state index in [2.05, 4.69) is 41.4 Å². The van der Waals surface area contributed by atoms with Gasteiger partial charge in [0.2, 0.25) is 0 Å². The Kier molecular flexibility index (Phi) is 3.61. The molecule has 3 heteroatoms. The average molecular weight is 260 g/mol. The lowest BCUT2D eigenvalue weighted by Crippen LogP contribution is -2.44. The summed E-state index contributed by atoms with van der Waals surface area (Å²) in [7, 11) is 0. The molecule has 2 N–H and O–H groups in total. The highest BCUT2D eigenvalue weighted by Crippen LogP contribution is 2.47. The first-order valence-corrected chi connectivity index (χ1v) is 7.41. The van der Waals surface area contributed by atoms with Crippen molar-refractivity contribution in [2.75, 3.05) is 32.8 Å². The molecular formula is C16H24N2O. The molecule has 1 aromatic rings. The lowest BCUT2D eigenvalue weighted by Gasteiger charge is -2.33. The van der Waals surface area contributed by atoms with Crippen LogP contribution >= 0.6 is 0 Å². The molecule has 1 unspecified atom stereocenters. The van der Waals surface area contributed by atoms with E-state index in [1.54, 1.807) is 0 Å². The molecule has 0 amide bonds. The maximum absolute atomic E-state index is 9.48. The minimum atomic E-state index is 0.0941. The van der Waals surface area contributed by atoms with Crippen molar-refractivity contribution in [3.05, 3.63) is 35.4 Å². The molecule has 1 saturated carbocycles. The summed E-state index contributed by atoms with van der Waals surface area (Å²) in [4.78, 5) is 2.53. The Hall–Kier alpha value is -0.900. The first kappa shape index (κ1) is 13.1. The first-order valence-electron chi connectivity index (χ1n) is 7.41. The minimum Gasteiger partial charge on any atom is -0.395 e. The van der Waals surface area contributed by atoms with E-state index in [4.69, 9.17) is 0 Å². The van der Waals surface area contributed by atoms with E-state index in [0.717, 1.165) is 39.0 Å². The van der Waals surface area contributed by atoms with E-state index >= 15 is 0 Å². The van der Waals surface area contributed by atoms with Gasteiger partial charge in [0, 0.05) is 37.6 Å². The molecule has 1 aliphatic heterocycles. The number of rotatable bonds is 4. The molecule has 1 aromatic carbocycles. The van der Waals surface area contributed by atoms with Crippen molar-refractivity contribution in [3.63, 3.8) is 0 Å². The van der Waals surface area contributed by atoms with Crippen molar-refractivity contribution in [1.82, 2.24) is 10.2 Å². The quantitative estimate of drug-likeness (QED) is 0.864. The van der Waals surface area contributed by atoms with Crippen LogP contribution in [0, 0.1) is 0 Å². The van der Waals surface area contributed by atoms with Crippen molar-refractivity contribution in [3.8, 4) is 0 Å². The molecule has 1 aliphatic carbocycles. The molecule has 0 spiro atoms. The van der Waals surface area contributed by atoms with Crippen LogP contribution in [0.25, 0.3) is 0 Å². The minimum absolute atomic E-state index is 0.0941. The van der Waals surface area contributed by atoms with Crippen molar-refractivity contribution >= 4 is 0 Å². The van der Waals surface area contributed by atoms with Crippen LogP contribution in [0.15, 0.2) is 24.3 Å². The van der Waals surface area contributed by atoms with Crippen molar-refractivity contribution in [2.45, 2.75) is 31.2 Å². The van der Waals surface area contributed by atoms with Crippen molar-refractivity contribution in [1.29, 1.82) is 0 Å². The number of piperazine rings is 1. The fraction of sp³-hybridized carbons (Fsp3) is 0.625. The molecule has 1 atom stereocenters. The number of benzene rings is 1. The number of aliphatic hydroxyl groups excluding tert-OH is 1. The fourth-order valence-electron chi connectivity index (χ4n) is 3.08. The molecule has 1 saturated heterocycles. The lowest BCUT2D eigenvalue weighted by molar-refractivity contribution is 0.185. The molecule has 3 rings (SSSR count). The predicted octanol–water partition coefficient (Wildman–Crippen LogP) is 1.68. The molecule has 0 bridgehead atoms. The number of nitrogens with one attached hydrogen (secondary N) is 1. The number of hydrogen-bond donors (Lipinski definition) is 2. The summed E-state index contributed by atoms with van der Waals surface area (Å²) >= 11 is 0. The Morgan fingerprint density at radius 3 is 2.37 bits per heavy atom. The van der Waals surface area contributed by atoms with Crippen LogP contribution in [0.3, 0.4) is 0 Å². The van der Waals surface area contributed by atoms with E-state index < -0.39 is 0 Å². The third kappa shape index (κ3) is 2.55. The van der Waals surface area contributed by atoms with Gasteiger partial charge in [-0.15, -0.1) is 0 Å². The summed E-state index contributed by atoms with van der Waals surface area (Å²) in [6.07, 6.45) is 2.27. The van der Waals surface area contributed by atoms with Gasteiger partial charge in [0.15, 0.2) is 0 Å². The molecule has 0 radical (unpaired) electrons. The molecule has 2 fully saturated rings. The molecule has 0 aromatic heterocycles. The second-order valence-electron chi connectivity index (χ2n) is 6.02. The zero-order valence-electron chi connectivity index (χ0n) is 11.7. The highest BCUT2D eigenvalue weighted by atomic mass is 16.3. The van der Waals surface area contributed by atoms with Gasteiger partial charge in [0.05, 0.1) is 6.61 Å². The van der Waals surface area contributed by atoms with Crippen LogP contribution in [0.4, 0.5) is 0 Å². The Balaban J connectivity index is 1.71. The summed E-state index contributed by atoms with van der Waals surface area (Å²) < 4.78 is 0. The van der Waals surface area contributed by atoms with Gasteiger partial charge in [-0.05, 0) is 30.9 Å². The molecule has 104 valence electrons. The summed E-state index contributed by atoms with van der Waals surface area (Å²) in [6.45, 7) is 7.03. The Bertz CT molecular complexity index is 419. The van der Waals surface area contributed by atoms with E-state index in [9.17, 15) is 5.11 Å². The van der Waals surface area contributed by atoms with Crippen molar-refractivity contribution < 1.29 is 5.11 Å². The SMILES string of the molecule is CC(c1ccc(C2(CO)CC2)cc1)N1CCNCC1. The van der Waals surface area contributed by atoms with Crippen LogP contribution in [0.1, 0.15) is 36.9 Å². The second-order valence-corrected chi connectivity index (χ2v) is 6.02. The standard InChI is InChI=1S/C16H24N2O/c1-13(18-10-8-17-9-11-18)14-2-4-15(5-3-14)16(12-19)6-7-16/h2-5,13,17,19H,6-12H2,1H3. The highest BCUT2D eigenvalue weighted by molar-refractivity contribution is 5.34. The van der Waals surface area contributed by atoms with Gasteiger partial charge in [-0.1, -0.05) is 24.3 Å². The number of nitrogens with zero attached hydrogens (tertiary/aromatic N) is 1. The summed E-state index contributed by atoms with van der Waals surface area (Å²) in [5, 5.41) is 12.9. The smallest absolute Gasteiger partial charge is 0.0527 e. The van der Waals surface area contributed by atoms with Gasteiger partial charge in [0.25, 0.3) is 0 Å². The molecule has 19 heavy (non-hydrogen) atoms. The van der Waals surface area contributed by atoms with Gasteiger partial charge >= 0.3 is 0 Å². The van der Waals surface area contributed by atoms with Crippen LogP contribution in [-0.4, -0.2) is 42.8 Å². The average Bonchev–Trinajstić information content (AvgIpc) is 3.29. The third-order valence-corrected chi connectivity index (χ3v) is 4.86. The zero-order valence-corrected chi connectivity index (χ0v) is 11.7. The molecular weight excluding hydrogens is 236 g/mol. The molecule has 2 aliphatic rings. The number of aliphatic hydroxyl groups is 1. The Labute approximate surface area is 115 Å². The van der Waals surface area contributed by atoms with Gasteiger partial charge in [-0.2, -0.15) is 0 Å². The Morgan fingerprint density at radius 2 is 1.84 bits per heavy atom. The van der Waals surface area contributed by atoms with Gasteiger partial charge in [0.1, 0.15) is 0 Å². The van der Waals surface area contributed by atoms with Gasteiger partial charge in [-0.25, -0.2) is 0 Å². The summed E-state index contributed by atoms with van der Waals surface area (Å²) in [5.41, 5.74) is 2.79. The van der Waals surface area contributed by atoms with Crippen molar-refractivity contribution in [2.24, 2.45) is 0 Å². The largest absolute Gasteiger partial charge is 0.395 e. The van der Waals surface area contributed by atoms with E-state index in [0.29, 0.717) is 12.6 Å². The van der Waals surface area contributed by atoms with Crippen LogP contribution in [0.2, 0.25) is 0 Å². The second kappa shape index (κ2) is 5.23. The van der Waals surface area contributed by atoms with E-state index in [-0.39, 0.29) is 5.41 Å². The van der Waals surface area contributed by atoms with Crippen LogP contribution in [0.5, 0.6) is 0 Å². The highest BCUT2D eigenvalue weighted by Gasteiger charge is 2.43. The fourth-order valence-corrected chi connectivity index (χ4v) is 3.08. The molecule has 3 nitrogen and oxygen atoms in total. The monoisotopic (exact) mass is 260 g/mol. The van der Waals surface area contributed by atoms with Gasteiger partial charge < -0.3 is 10.4 Å². The van der Waals surface area contributed by atoms with E-state index in [1.165, 1.54) is 11.1 Å². The van der Waals surface area contributed by atoms with E-state index in [1.807, 2.05) is 0 Å². The maximum Gasteiger partial charge on any atom is 0.0527 e. The van der Waals surface area contributed by atoms with Gasteiger partial charge in [-0.3, -0.25) is 4.90 Å². The third-order valence-electron chi connectivity index (χ3n) is 4.86.